The fourth-order valence-electron chi connectivity index (χ4n) is 1.23. The number of methoxy groups -OCH3 is 1. The summed E-state index contributed by atoms with van der Waals surface area (Å²) in [5.41, 5.74) is -0.0404. The smallest absolute Gasteiger partial charge is 0.317 e. The van der Waals surface area contributed by atoms with Gasteiger partial charge in [-0.2, -0.15) is 5.10 Å². The second-order valence-electron chi connectivity index (χ2n) is 3.62. The van der Waals surface area contributed by atoms with Crippen molar-refractivity contribution in [2.75, 3.05) is 7.11 Å². The number of ether oxygens (including phenoxy) is 1. The number of hydrogen-bond donors (Lipinski definition) is 0. The maximum Gasteiger partial charge on any atom is 0.317 e. The van der Waals surface area contributed by atoms with E-state index in [1.807, 2.05) is 7.05 Å². The zero-order valence-electron chi connectivity index (χ0n) is 8.67. The van der Waals surface area contributed by atoms with Gasteiger partial charge < -0.3 is 4.74 Å². The average Bonchev–Trinajstić information content (AvgIpc) is 2.44. The Morgan fingerprint density at radius 2 is 2.21 bits per heavy atom. The fraction of sp³-hybridized carbons (Fsp3) is 0.556. The van der Waals surface area contributed by atoms with Crippen molar-refractivity contribution in [2.24, 2.45) is 7.05 Å². The summed E-state index contributed by atoms with van der Waals surface area (Å²) in [5, 5.41) is 4.22. The van der Waals surface area contributed by atoms with E-state index < -0.39 is 5.41 Å². The molecule has 0 N–H and O–H groups in total. The molecule has 0 spiro atoms. The van der Waals surface area contributed by atoms with Crippen LogP contribution >= 0.6 is 15.9 Å². The van der Waals surface area contributed by atoms with Gasteiger partial charge in [0.15, 0.2) is 0 Å². The first-order valence-electron chi connectivity index (χ1n) is 4.17. The maximum atomic E-state index is 11.5. The zero-order chi connectivity index (χ0) is 10.9. The molecule has 0 saturated carbocycles. The summed E-state index contributed by atoms with van der Waals surface area (Å²) in [6, 6.07) is 0. The van der Waals surface area contributed by atoms with Gasteiger partial charge in [0.1, 0.15) is 5.41 Å². The van der Waals surface area contributed by atoms with Gasteiger partial charge in [-0.25, -0.2) is 0 Å². The lowest BCUT2D eigenvalue weighted by Gasteiger charge is -2.19. The molecule has 0 fully saturated rings. The molecule has 0 atom stereocenters. The van der Waals surface area contributed by atoms with Crippen LogP contribution in [0, 0.1) is 0 Å². The van der Waals surface area contributed by atoms with E-state index in [1.165, 1.54) is 7.11 Å². The number of nitrogens with zero attached hydrogens (tertiary/aromatic N) is 2. The van der Waals surface area contributed by atoms with Gasteiger partial charge >= 0.3 is 5.97 Å². The van der Waals surface area contributed by atoms with Crippen molar-refractivity contribution in [1.82, 2.24) is 9.78 Å². The van der Waals surface area contributed by atoms with Gasteiger partial charge in [0.25, 0.3) is 0 Å². The Kier molecular flexibility index (Phi) is 2.99. The van der Waals surface area contributed by atoms with Gasteiger partial charge in [-0.1, -0.05) is 0 Å². The number of aryl methyl sites for hydroxylation is 1. The standard InChI is InChI=1S/C9H13BrN2O2/c1-9(2,8(13)14-4)7-6(10)5-12(3)11-7/h5H,1-4H3. The van der Waals surface area contributed by atoms with Crippen molar-refractivity contribution >= 4 is 21.9 Å². The summed E-state index contributed by atoms with van der Waals surface area (Å²) in [5.74, 6) is -0.295. The molecule has 1 rings (SSSR count). The Morgan fingerprint density at radius 3 is 2.57 bits per heavy atom. The van der Waals surface area contributed by atoms with Crippen LogP contribution in [0.4, 0.5) is 0 Å². The maximum absolute atomic E-state index is 11.5. The summed E-state index contributed by atoms with van der Waals surface area (Å²) >= 11 is 3.36. The fourth-order valence-corrected chi connectivity index (χ4v) is 2.11. The molecule has 4 nitrogen and oxygen atoms in total. The van der Waals surface area contributed by atoms with Gasteiger partial charge in [0.2, 0.25) is 0 Å². The first-order chi connectivity index (χ1) is 6.39. The second-order valence-corrected chi connectivity index (χ2v) is 4.47. The Labute approximate surface area is 91.4 Å². The summed E-state index contributed by atoms with van der Waals surface area (Å²) in [6.07, 6.45) is 1.81. The van der Waals surface area contributed by atoms with Crippen molar-refractivity contribution in [3.63, 3.8) is 0 Å². The lowest BCUT2D eigenvalue weighted by molar-refractivity contribution is -0.146. The monoisotopic (exact) mass is 260 g/mol. The van der Waals surface area contributed by atoms with Crippen molar-refractivity contribution in [2.45, 2.75) is 19.3 Å². The zero-order valence-corrected chi connectivity index (χ0v) is 10.3. The molecule has 14 heavy (non-hydrogen) atoms. The van der Waals surface area contributed by atoms with Crippen molar-refractivity contribution in [3.8, 4) is 0 Å². The predicted octanol–water partition coefficient (Wildman–Crippen LogP) is 1.63. The number of esters is 1. The molecule has 0 amide bonds. The van der Waals surface area contributed by atoms with E-state index in [0.29, 0.717) is 5.69 Å². The van der Waals surface area contributed by atoms with Gasteiger partial charge in [0, 0.05) is 13.2 Å². The Morgan fingerprint density at radius 1 is 1.64 bits per heavy atom. The molecule has 0 aliphatic heterocycles. The predicted molar refractivity (Wildman–Crippen MR) is 56.0 cm³/mol. The van der Waals surface area contributed by atoms with E-state index >= 15 is 0 Å². The molecule has 1 aromatic heterocycles. The first-order valence-corrected chi connectivity index (χ1v) is 4.97. The highest BCUT2D eigenvalue weighted by Crippen LogP contribution is 2.29. The van der Waals surface area contributed by atoms with Gasteiger partial charge in [-0.15, -0.1) is 0 Å². The molecule has 1 heterocycles. The van der Waals surface area contributed by atoms with Gasteiger partial charge in [-0.05, 0) is 29.8 Å². The molecule has 0 bridgehead atoms. The minimum Gasteiger partial charge on any atom is -0.468 e. The van der Waals surface area contributed by atoms with Crippen molar-refractivity contribution < 1.29 is 9.53 Å². The van der Waals surface area contributed by atoms with E-state index in [4.69, 9.17) is 4.74 Å². The normalized spacial score (nSPS) is 11.5. The number of carbonyl (C=O) groups excluding carboxylic acids is 1. The van der Waals surface area contributed by atoms with E-state index in [0.717, 1.165) is 4.47 Å². The molecule has 5 heteroatoms. The van der Waals surface area contributed by atoms with Gasteiger partial charge in [0.05, 0.1) is 17.3 Å². The highest BCUT2D eigenvalue weighted by molar-refractivity contribution is 9.10. The topological polar surface area (TPSA) is 44.1 Å². The second kappa shape index (κ2) is 3.73. The van der Waals surface area contributed by atoms with E-state index in [-0.39, 0.29) is 5.97 Å². The summed E-state index contributed by atoms with van der Waals surface area (Å²) in [4.78, 5) is 11.5. The third-order valence-electron chi connectivity index (χ3n) is 2.07. The van der Waals surface area contributed by atoms with Gasteiger partial charge in [-0.3, -0.25) is 9.48 Å². The number of carbonyl (C=O) groups is 1. The number of halogens is 1. The molecule has 0 saturated heterocycles. The van der Waals surface area contributed by atoms with Crippen LogP contribution < -0.4 is 0 Å². The van der Waals surface area contributed by atoms with E-state index in [9.17, 15) is 4.79 Å². The molecule has 0 aliphatic carbocycles. The molecule has 0 aromatic carbocycles. The minimum absolute atomic E-state index is 0.295. The SMILES string of the molecule is COC(=O)C(C)(C)c1nn(C)cc1Br. The molecule has 1 aromatic rings. The van der Waals surface area contributed by atoms with Crippen molar-refractivity contribution in [1.29, 1.82) is 0 Å². The highest BCUT2D eigenvalue weighted by atomic mass is 79.9. The summed E-state index contributed by atoms with van der Waals surface area (Å²) < 4.78 is 7.20. The molecule has 0 radical (unpaired) electrons. The van der Waals surface area contributed by atoms with Crippen LogP contribution in [0.25, 0.3) is 0 Å². The lowest BCUT2D eigenvalue weighted by atomic mass is 9.90. The molecule has 78 valence electrons. The first kappa shape index (κ1) is 11.2. The summed E-state index contributed by atoms with van der Waals surface area (Å²) in [7, 11) is 3.18. The van der Waals surface area contributed by atoms with Crippen LogP contribution in [0.5, 0.6) is 0 Å². The van der Waals surface area contributed by atoms with E-state index in [2.05, 4.69) is 21.0 Å². The molecular formula is C9H13BrN2O2. The van der Waals surface area contributed by atoms with Crippen LogP contribution in [0.2, 0.25) is 0 Å². The van der Waals surface area contributed by atoms with Crippen LogP contribution in [-0.2, 0) is 22.0 Å². The minimum atomic E-state index is -0.727. The third-order valence-corrected chi connectivity index (χ3v) is 2.65. The number of rotatable bonds is 2. The molecule has 0 unspecified atom stereocenters. The largest absolute Gasteiger partial charge is 0.468 e. The van der Waals surface area contributed by atoms with Crippen LogP contribution in [0.1, 0.15) is 19.5 Å². The van der Waals surface area contributed by atoms with Crippen LogP contribution in [-0.4, -0.2) is 22.9 Å². The highest BCUT2D eigenvalue weighted by Gasteiger charge is 2.35. The molecule has 0 aliphatic rings. The van der Waals surface area contributed by atoms with Crippen molar-refractivity contribution in [3.05, 3.63) is 16.4 Å². The average molecular weight is 261 g/mol. The van der Waals surface area contributed by atoms with Crippen LogP contribution in [0.15, 0.2) is 10.7 Å². The van der Waals surface area contributed by atoms with E-state index in [1.54, 1.807) is 24.7 Å². The number of aromatic nitrogens is 2. The third kappa shape index (κ3) is 1.82. The van der Waals surface area contributed by atoms with Crippen LogP contribution in [0.3, 0.4) is 0 Å². The number of hydrogen-bond acceptors (Lipinski definition) is 3. The lowest BCUT2D eigenvalue weighted by Crippen LogP contribution is -2.31. The Balaban J connectivity index is 3.15. The Bertz CT molecular complexity index is 358. The summed E-state index contributed by atoms with van der Waals surface area (Å²) in [6.45, 7) is 3.57. The molecular weight excluding hydrogens is 248 g/mol. The quantitative estimate of drug-likeness (QED) is 0.760. The Hall–Kier alpha value is -0.840.